The first-order valence-electron chi connectivity index (χ1n) is 9.12. The Bertz CT molecular complexity index is 1430. The molecule has 5 aromatic rings. The zero-order valence-electron chi connectivity index (χ0n) is 15.3. The average molecular weight is 382 g/mol. The Balaban J connectivity index is 1.50. The summed E-state index contributed by atoms with van der Waals surface area (Å²) in [5.74, 6) is -0.370. The fraction of sp³-hybridized carbons (Fsp3) is 0.0435. The second-order valence-electron chi connectivity index (χ2n) is 6.79. The Morgan fingerprint density at radius 3 is 2.66 bits per heavy atom. The summed E-state index contributed by atoms with van der Waals surface area (Å²) in [5, 5.41) is 2.08. The summed E-state index contributed by atoms with van der Waals surface area (Å²) in [5.41, 5.74) is 2.62. The Hall–Kier alpha value is -3.93. The number of benzene rings is 2. The van der Waals surface area contributed by atoms with Gasteiger partial charge >= 0.3 is 0 Å². The third-order valence-corrected chi connectivity index (χ3v) is 4.95. The largest absolute Gasteiger partial charge is 0.293 e. The van der Waals surface area contributed by atoms with E-state index in [0.29, 0.717) is 11.1 Å². The van der Waals surface area contributed by atoms with Crippen LogP contribution in [-0.4, -0.2) is 19.5 Å². The van der Waals surface area contributed by atoms with Crippen LogP contribution in [0, 0.1) is 5.82 Å². The van der Waals surface area contributed by atoms with Crippen LogP contribution < -0.4 is 5.56 Å². The molecule has 0 saturated heterocycles. The van der Waals surface area contributed by atoms with Crippen molar-refractivity contribution in [1.29, 1.82) is 0 Å². The third kappa shape index (κ3) is 3.14. The molecule has 0 fully saturated rings. The topological polar surface area (TPSA) is 60.7 Å². The van der Waals surface area contributed by atoms with Gasteiger partial charge in [0.15, 0.2) is 5.52 Å². The highest BCUT2D eigenvalue weighted by atomic mass is 19.1. The molecule has 3 heterocycles. The van der Waals surface area contributed by atoms with E-state index in [2.05, 4.69) is 15.0 Å². The van der Waals surface area contributed by atoms with Crippen molar-refractivity contribution in [2.24, 2.45) is 0 Å². The molecule has 5 rings (SSSR count). The van der Waals surface area contributed by atoms with E-state index in [9.17, 15) is 9.18 Å². The molecule has 0 radical (unpaired) electrons. The first kappa shape index (κ1) is 17.2. The summed E-state index contributed by atoms with van der Waals surface area (Å²) in [7, 11) is 0. The number of hydrogen-bond acceptors (Lipinski definition) is 4. The highest BCUT2D eigenvalue weighted by Crippen LogP contribution is 2.26. The van der Waals surface area contributed by atoms with Crippen molar-refractivity contribution >= 4 is 21.8 Å². The summed E-state index contributed by atoms with van der Waals surface area (Å²) < 4.78 is 16.2. The molecule has 6 heteroatoms. The van der Waals surface area contributed by atoms with Gasteiger partial charge in [0, 0.05) is 29.5 Å². The molecule has 0 unspecified atom stereocenters. The van der Waals surface area contributed by atoms with E-state index >= 15 is 0 Å². The number of nitrogens with zero attached hydrogens (tertiary/aromatic N) is 4. The normalized spacial score (nSPS) is 11.2. The van der Waals surface area contributed by atoms with Crippen molar-refractivity contribution in [1.82, 2.24) is 19.5 Å². The van der Waals surface area contributed by atoms with Gasteiger partial charge in [-0.2, -0.15) is 0 Å². The fourth-order valence-electron chi connectivity index (χ4n) is 3.40. The lowest BCUT2D eigenvalue weighted by atomic mass is 10.0. The highest BCUT2D eigenvalue weighted by molar-refractivity contribution is 5.86. The molecular formula is C23H15FN4O. The van der Waals surface area contributed by atoms with Gasteiger partial charge in [0.05, 0.1) is 18.4 Å². The van der Waals surface area contributed by atoms with Crippen LogP contribution in [-0.2, 0) is 6.54 Å². The van der Waals surface area contributed by atoms with Gasteiger partial charge in [-0.15, -0.1) is 0 Å². The predicted octanol–water partition coefficient (Wildman–Crippen LogP) is 4.19. The summed E-state index contributed by atoms with van der Waals surface area (Å²) in [6, 6.07) is 16.4. The standard InChI is InChI=1S/C23H15FN4O/c24-20-11-16(15-3-5-18-12-25-9-7-17(18)10-15)4-6-19(20)13-28-14-27-21-2-1-8-26-22(21)23(28)29/h1-12,14H,13H2. The molecule has 0 aliphatic carbocycles. The minimum absolute atomic E-state index is 0.0911. The van der Waals surface area contributed by atoms with Crippen LogP contribution in [0.25, 0.3) is 32.9 Å². The fourth-order valence-corrected chi connectivity index (χ4v) is 3.40. The van der Waals surface area contributed by atoms with Crippen molar-refractivity contribution in [3.05, 3.63) is 101 Å². The van der Waals surface area contributed by atoms with Crippen LogP contribution in [0.15, 0.2) is 84.3 Å². The van der Waals surface area contributed by atoms with E-state index in [0.717, 1.165) is 21.9 Å². The molecule has 0 spiro atoms. The first-order chi connectivity index (χ1) is 14.2. The molecule has 140 valence electrons. The molecule has 0 bridgehead atoms. The lowest BCUT2D eigenvalue weighted by Crippen LogP contribution is -2.22. The number of aromatic nitrogens is 4. The molecule has 5 nitrogen and oxygen atoms in total. The van der Waals surface area contributed by atoms with Gasteiger partial charge < -0.3 is 0 Å². The molecule has 29 heavy (non-hydrogen) atoms. The van der Waals surface area contributed by atoms with Gasteiger partial charge in [-0.1, -0.05) is 24.3 Å². The van der Waals surface area contributed by atoms with Crippen molar-refractivity contribution in [3.8, 4) is 11.1 Å². The van der Waals surface area contributed by atoms with Crippen LogP contribution >= 0.6 is 0 Å². The van der Waals surface area contributed by atoms with E-state index in [1.807, 2.05) is 30.3 Å². The first-order valence-corrected chi connectivity index (χ1v) is 9.12. The highest BCUT2D eigenvalue weighted by Gasteiger charge is 2.10. The number of hydrogen-bond donors (Lipinski definition) is 0. The molecule has 0 aliphatic heterocycles. The summed E-state index contributed by atoms with van der Waals surface area (Å²) in [6.45, 7) is 0.0911. The molecule has 3 aromatic heterocycles. The molecule has 0 N–H and O–H groups in total. The van der Waals surface area contributed by atoms with Crippen LogP contribution in [0.4, 0.5) is 4.39 Å². The van der Waals surface area contributed by atoms with Crippen molar-refractivity contribution in [3.63, 3.8) is 0 Å². The van der Waals surface area contributed by atoms with Crippen LogP contribution in [0.3, 0.4) is 0 Å². The average Bonchev–Trinajstić information content (AvgIpc) is 2.76. The summed E-state index contributed by atoms with van der Waals surface area (Å²) in [6.07, 6.45) is 6.51. The third-order valence-electron chi connectivity index (χ3n) is 4.95. The van der Waals surface area contributed by atoms with Crippen molar-refractivity contribution in [2.75, 3.05) is 0 Å². The minimum atomic E-state index is -0.370. The second kappa shape index (κ2) is 6.91. The lowest BCUT2D eigenvalue weighted by Gasteiger charge is -2.10. The zero-order chi connectivity index (χ0) is 19.8. The maximum atomic E-state index is 14.8. The zero-order valence-corrected chi connectivity index (χ0v) is 15.3. The minimum Gasteiger partial charge on any atom is -0.293 e. The van der Waals surface area contributed by atoms with E-state index < -0.39 is 0 Å². The Morgan fingerprint density at radius 1 is 0.897 bits per heavy atom. The molecular weight excluding hydrogens is 367 g/mol. The maximum Gasteiger partial charge on any atom is 0.280 e. The van der Waals surface area contributed by atoms with Crippen LogP contribution in [0.2, 0.25) is 0 Å². The monoisotopic (exact) mass is 382 g/mol. The quantitative estimate of drug-likeness (QED) is 0.469. The number of halogens is 1. The number of pyridine rings is 2. The van der Waals surface area contributed by atoms with Crippen LogP contribution in [0.5, 0.6) is 0 Å². The molecule has 0 saturated carbocycles. The smallest absolute Gasteiger partial charge is 0.280 e. The van der Waals surface area contributed by atoms with E-state index in [4.69, 9.17) is 0 Å². The van der Waals surface area contributed by atoms with E-state index in [1.165, 1.54) is 17.0 Å². The Morgan fingerprint density at radius 2 is 1.76 bits per heavy atom. The number of rotatable bonds is 3. The predicted molar refractivity (Wildman–Crippen MR) is 110 cm³/mol. The molecule has 0 amide bonds. The Kier molecular flexibility index (Phi) is 4.09. The van der Waals surface area contributed by atoms with Gasteiger partial charge in [0.25, 0.3) is 5.56 Å². The SMILES string of the molecule is O=c1c2ncccc2ncn1Cc1ccc(-c2ccc3cnccc3c2)cc1F. The molecule has 0 atom stereocenters. The van der Waals surface area contributed by atoms with Gasteiger partial charge in [-0.25, -0.2) is 14.4 Å². The van der Waals surface area contributed by atoms with Gasteiger partial charge in [0.2, 0.25) is 0 Å². The van der Waals surface area contributed by atoms with Gasteiger partial charge in [-0.05, 0) is 46.8 Å². The van der Waals surface area contributed by atoms with Gasteiger partial charge in [0.1, 0.15) is 5.82 Å². The summed E-state index contributed by atoms with van der Waals surface area (Å²) in [4.78, 5) is 25.0. The second-order valence-corrected chi connectivity index (χ2v) is 6.79. The van der Waals surface area contributed by atoms with Crippen molar-refractivity contribution in [2.45, 2.75) is 6.54 Å². The van der Waals surface area contributed by atoms with E-state index in [1.54, 1.807) is 36.8 Å². The lowest BCUT2D eigenvalue weighted by molar-refractivity contribution is 0.595. The molecule has 2 aromatic carbocycles. The van der Waals surface area contributed by atoms with Gasteiger partial charge in [-0.3, -0.25) is 14.3 Å². The Labute approximate surface area is 165 Å². The number of fused-ring (bicyclic) bond motifs is 2. The molecule has 0 aliphatic rings. The van der Waals surface area contributed by atoms with Crippen LogP contribution in [0.1, 0.15) is 5.56 Å². The maximum absolute atomic E-state index is 14.8. The van der Waals surface area contributed by atoms with E-state index in [-0.39, 0.29) is 23.4 Å². The van der Waals surface area contributed by atoms with Crippen molar-refractivity contribution < 1.29 is 4.39 Å². The summed E-state index contributed by atoms with van der Waals surface area (Å²) >= 11 is 0.